The van der Waals surface area contributed by atoms with E-state index >= 15 is 0 Å². The Hall–Kier alpha value is -2.86. The van der Waals surface area contributed by atoms with Crippen molar-refractivity contribution in [3.05, 3.63) is 47.6 Å². The lowest BCUT2D eigenvalue weighted by atomic mass is 10.2. The zero-order valence-corrected chi connectivity index (χ0v) is 22.4. The molecule has 3 N–H and O–H groups in total. The lowest BCUT2D eigenvalue weighted by Crippen LogP contribution is -2.35. The summed E-state index contributed by atoms with van der Waals surface area (Å²) < 4.78 is 17.6. The molecule has 1 atom stereocenters. The normalized spacial score (nSPS) is 15.5. The molecular formula is C25H32N6O3S2. The van der Waals surface area contributed by atoms with Gasteiger partial charge in [-0.15, -0.1) is 11.3 Å². The summed E-state index contributed by atoms with van der Waals surface area (Å²) in [6.45, 7) is 10.4. The van der Waals surface area contributed by atoms with Crippen LogP contribution in [0.1, 0.15) is 37.7 Å². The van der Waals surface area contributed by atoms with E-state index in [0.717, 1.165) is 50.4 Å². The van der Waals surface area contributed by atoms with Gasteiger partial charge in [0.25, 0.3) is 5.91 Å². The average Bonchev–Trinajstić information content (AvgIpc) is 3.19. The molecule has 0 saturated carbocycles. The van der Waals surface area contributed by atoms with Gasteiger partial charge in [-0.05, 0) is 63.7 Å². The van der Waals surface area contributed by atoms with Crippen LogP contribution in [0.3, 0.4) is 0 Å². The third kappa shape index (κ3) is 6.47. The Morgan fingerprint density at radius 3 is 2.75 bits per heavy atom. The number of amides is 1. The third-order valence-corrected chi connectivity index (χ3v) is 7.37. The number of thiazole rings is 1. The molecule has 0 bridgehead atoms. The van der Waals surface area contributed by atoms with Gasteiger partial charge in [-0.3, -0.25) is 9.78 Å². The van der Waals surface area contributed by atoms with Crippen LogP contribution in [0.25, 0.3) is 11.3 Å². The molecule has 2 aromatic heterocycles. The van der Waals surface area contributed by atoms with Crippen LogP contribution in [-0.2, 0) is 11.0 Å². The molecule has 1 saturated heterocycles. The van der Waals surface area contributed by atoms with Crippen molar-refractivity contribution in [2.24, 2.45) is 5.14 Å². The first-order valence-electron chi connectivity index (χ1n) is 12.0. The molecule has 4 rings (SSSR count). The number of pyridine rings is 1. The molecule has 9 nitrogen and oxygen atoms in total. The molecule has 0 aliphatic carbocycles. The first-order chi connectivity index (χ1) is 17.3. The van der Waals surface area contributed by atoms with Gasteiger partial charge in [0, 0.05) is 36.8 Å². The molecule has 1 unspecified atom stereocenters. The van der Waals surface area contributed by atoms with Crippen molar-refractivity contribution in [3.63, 3.8) is 0 Å². The van der Waals surface area contributed by atoms with E-state index in [1.165, 1.54) is 11.3 Å². The SMILES string of the molecule is CCN1CCCN(C(=O)c2ccc(-c3csc(Nc4cc(S(N)=O)ccc4OC(C)C)n3)cn2)CC1. The van der Waals surface area contributed by atoms with E-state index in [0.29, 0.717) is 27.2 Å². The summed E-state index contributed by atoms with van der Waals surface area (Å²) in [5.74, 6) is 0.589. The number of aromatic nitrogens is 2. The molecular weight excluding hydrogens is 496 g/mol. The van der Waals surface area contributed by atoms with E-state index in [9.17, 15) is 9.00 Å². The standard InChI is InChI=1S/C25H32N6O3S2/c1-4-30-10-5-11-31(13-12-30)24(32)20-8-6-18(15-27-20)22-16-35-25(29-22)28-21-14-19(36(26)33)7-9-23(21)34-17(2)3/h6-9,14-17H,4-5,10-13,26H2,1-3H3,(H,28,29). The predicted molar refractivity (Wildman–Crippen MR) is 144 cm³/mol. The number of hydrogen-bond acceptors (Lipinski definition) is 8. The van der Waals surface area contributed by atoms with Crippen molar-refractivity contribution in [1.82, 2.24) is 19.8 Å². The van der Waals surface area contributed by atoms with Gasteiger partial charge in [-0.2, -0.15) is 0 Å². The van der Waals surface area contributed by atoms with Crippen molar-refractivity contribution < 1.29 is 13.7 Å². The molecule has 3 heterocycles. The van der Waals surface area contributed by atoms with E-state index in [-0.39, 0.29) is 12.0 Å². The quantitative estimate of drug-likeness (QED) is 0.456. The molecule has 0 spiro atoms. The number of carbonyl (C=O) groups is 1. The van der Waals surface area contributed by atoms with Crippen LogP contribution in [0.5, 0.6) is 5.75 Å². The highest BCUT2D eigenvalue weighted by atomic mass is 32.2. The molecule has 1 aromatic carbocycles. The lowest BCUT2D eigenvalue weighted by Gasteiger charge is -2.20. The van der Waals surface area contributed by atoms with E-state index in [1.807, 2.05) is 30.2 Å². The van der Waals surface area contributed by atoms with Crippen molar-refractivity contribution in [2.45, 2.75) is 38.2 Å². The van der Waals surface area contributed by atoms with E-state index in [2.05, 4.69) is 27.1 Å². The van der Waals surface area contributed by atoms with E-state index < -0.39 is 11.0 Å². The predicted octanol–water partition coefficient (Wildman–Crippen LogP) is 3.89. The topological polar surface area (TPSA) is 114 Å². The summed E-state index contributed by atoms with van der Waals surface area (Å²) >= 11 is 1.43. The molecule has 1 aliphatic rings. The molecule has 1 fully saturated rings. The third-order valence-electron chi connectivity index (χ3n) is 5.89. The molecule has 3 aromatic rings. The minimum atomic E-state index is -1.61. The second-order valence-corrected chi connectivity index (χ2v) is 10.7. The van der Waals surface area contributed by atoms with Gasteiger partial charge in [-0.1, -0.05) is 6.92 Å². The molecule has 36 heavy (non-hydrogen) atoms. The van der Waals surface area contributed by atoms with Crippen LogP contribution in [0.2, 0.25) is 0 Å². The summed E-state index contributed by atoms with van der Waals surface area (Å²) in [5, 5.41) is 11.4. The van der Waals surface area contributed by atoms with Crippen LogP contribution < -0.4 is 15.2 Å². The fourth-order valence-corrected chi connectivity index (χ4v) is 5.16. The Morgan fingerprint density at radius 1 is 1.22 bits per heavy atom. The minimum Gasteiger partial charge on any atom is -0.489 e. The molecule has 1 amide bonds. The van der Waals surface area contributed by atoms with Gasteiger partial charge in [0.2, 0.25) is 0 Å². The Balaban J connectivity index is 1.47. The second kappa shape index (κ2) is 11.9. The number of ether oxygens (including phenoxy) is 1. The van der Waals surface area contributed by atoms with Gasteiger partial charge in [0.1, 0.15) is 22.4 Å². The van der Waals surface area contributed by atoms with Gasteiger partial charge >= 0.3 is 0 Å². The molecule has 192 valence electrons. The molecule has 0 radical (unpaired) electrons. The van der Waals surface area contributed by atoms with Crippen molar-refractivity contribution in [3.8, 4) is 17.0 Å². The van der Waals surface area contributed by atoms with Gasteiger partial charge < -0.3 is 19.9 Å². The first-order valence-corrected chi connectivity index (χ1v) is 14.1. The maximum atomic E-state index is 13.0. The summed E-state index contributed by atoms with van der Waals surface area (Å²) in [7, 11) is -1.61. The highest BCUT2D eigenvalue weighted by molar-refractivity contribution is 7.82. The van der Waals surface area contributed by atoms with Crippen molar-refractivity contribution >= 4 is 39.0 Å². The number of nitrogens with two attached hydrogens (primary N) is 1. The van der Waals surface area contributed by atoms with Crippen LogP contribution in [-0.4, -0.2) is 68.7 Å². The fraction of sp³-hybridized carbons (Fsp3) is 0.400. The highest BCUT2D eigenvalue weighted by Crippen LogP contribution is 2.33. The Labute approximate surface area is 218 Å². The van der Waals surface area contributed by atoms with Crippen LogP contribution in [0.15, 0.2) is 46.8 Å². The lowest BCUT2D eigenvalue weighted by molar-refractivity contribution is 0.0756. The van der Waals surface area contributed by atoms with Crippen molar-refractivity contribution in [1.29, 1.82) is 0 Å². The van der Waals surface area contributed by atoms with Gasteiger partial charge in [-0.25, -0.2) is 14.3 Å². The number of nitrogens with one attached hydrogen (secondary N) is 1. The maximum absolute atomic E-state index is 13.0. The monoisotopic (exact) mass is 528 g/mol. The highest BCUT2D eigenvalue weighted by Gasteiger charge is 2.21. The Kier molecular flexibility index (Phi) is 8.68. The van der Waals surface area contributed by atoms with E-state index in [1.54, 1.807) is 30.5 Å². The maximum Gasteiger partial charge on any atom is 0.272 e. The Bertz CT molecular complexity index is 1210. The second-order valence-electron chi connectivity index (χ2n) is 8.80. The number of likely N-dealkylation sites (N-methyl/N-ethyl adjacent to an activating group) is 1. The van der Waals surface area contributed by atoms with Crippen LogP contribution in [0.4, 0.5) is 10.8 Å². The van der Waals surface area contributed by atoms with Gasteiger partial charge in [0.05, 0.1) is 22.4 Å². The number of carbonyl (C=O) groups excluding carboxylic acids is 1. The van der Waals surface area contributed by atoms with Crippen LogP contribution in [0, 0.1) is 0 Å². The smallest absolute Gasteiger partial charge is 0.272 e. The van der Waals surface area contributed by atoms with Crippen molar-refractivity contribution in [2.75, 3.05) is 38.0 Å². The zero-order valence-electron chi connectivity index (χ0n) is 20.8. The largest absolute Gasteiger partial charge is 0.489 e. The number of hydrogen-bond donors (Lipinski definition) is 2. The summed E-state index contributed by atoms with van der Waals surface area (Å²) in [6, 6.07) is 8.79. The number of nitrogens with zero attached hydrogens (tertiary/aromatic N) is 4. The van der Waals surface area contributed by atoms with E-state index in [4.69, 9.17) is 9.88 Å². The van der Waals surface area contributed by atoms with Gasteiger partial charge in [0.15, 0.2) is 5.13 Å². The summed E-state index contributed by atoms with van der Waals surface area (Å²) in [6.07, 6.45) is 2.63. The Morgan fingerprint density at radius 2 is 2.06 bits per heavy atom. The zero-order chi connectivity index (χ0) is 25.7. The number of rotatable bonds is 8. The molecule has 1 aliphatic heterocycles. The molecule has 11 heteroatoms. The number of anilines is 2. The first kappa shape index (κ1) is 26.2. The summed E-state index contributed by atoms with van der Waals surface area (Å²) in [4.78, 5) is 26.8. The average molecular weight is 529 g/mol. The van der Waals surface area contributed by atoms with Crippen LogP contribution >= 0.6 is 11.3 Å². The number of benzene rings is 1. The summed E-state index contributed by atoms with van der Waals surface area (Å²) in [5.41, 5.74) is 2.64. The fourth-order valence-electron chi connectivity index (χ4n) is 3.99. The minimum absolute atomic E-state index is 0.0289.